The summed E-state index contributed by atoms with van der Waals surface area (Å²) < 4.78 is 5.21. The lowest BCUT2D eigenvalue weighted by Gasteiger charge is -2.28. The second-order valence-electron chi connectivity index (χ2n) is 4.38. The zero-order valence-electron chi connectivity index (χ0n) is 9.65. The number of rotatable bonds is 2. The number of ether oxygens (including phenoxy) is 1. The standard InChI is InChI=1S/C10H16N2O6/c13-4-6-7(15)8(16)9(18-6)12-3-5(14)1-2-11-10(12)17/h6-9,13,15-16H,1-4H2,(H,11,17). The molecule has 2 aliphatic heterocycles. The second-order valence-corrected chi connectivity index (χ2v) is 4.38. The van der Waals surface area contributed by atoms with Crippen molar-refractivity contribution >= 4 is 11.8 Å². The van der Waals surface area contributed by atoms with Crippen molar-refractivity contribution in [2.75, 3.05) is 19.7 Å². The number of Topliss-reactive ketones (excluding diaryl/α,β-unsaturated/α-hetero) is 1. The number of nitrogens with one attached hydrogen (secondary N) is 1. The van der Waals surface area contributed by atoms with Crippen LogP contribution in [0, 0.1) is 0 Å². The van der Waals surface area contributed by atoms with Crippen LogP contribution in [0.2, 0.25) is 0 Å². The maximum Gasteiger partial charge on any atom is 0.319 e. The summed E-state index contributed by atoms with van der Waals surface area (Å²) >= 11 is 0. The Hall–Kier alpha value is -1.22. The van der Waals surface area contributed by atoms with Crippen LogP contribution in [0.1, 0.15) is 6.42 Å². The quantitative estimate of drug-likeness (QED) is 0.432. The molecule has 2 heterocycles. The highest BCUT2D eigenvalue weighted by atomic mass is 16.6. The summed E-state index contributed by atoms with van der Waals surface area (Å²) in [6.07, 6.45) is -4.50. The highest BCUT2D eigenvalue weighted by Gasteiger charge is 2.47. The second kappa shape index (κ2) is 5.19. The molecule has 0 aromatic carbocycles. The first kappa shape index (κ1) is 13.2. The number of aliphatic hydroxyl groups excluding tert-OH is 3. The minimum absolute atomic E-state index is 0.161. The lowest BCUT2D eigenvalue weighted by molar-refractivity contribution is -0.124. The molecule has 0 spiro atoms. The average molecular weight is 260 g/mol. The number of hydrogen-bond donors (Lipinski definition) is 4. The molecule has 4 atom stereocenters. The number of amides is 2. The minimum atomic E-state index is -1.35. The monoisotopic (exact) mass is 260 g/mol. The number of nitrogens with zero attached hydrogens (tertiary/aromatic N) is 1. The van der Waals surface area contributed by atoms with Crippen molar-refractivity contribution in [2.45, 2.75) is 31.0 Å². The third-order valence-corrected chi connectivity index (χ3v) is 3.11. The Morgan fingerprint density at radius 3 is 2.67 bits per heavy atom. The molecule has 2 aliphatic rings. The largest absolute Gasteiger partial charge is 0.394 e. The summed E-state index contributed by atoms with van der Waals surface area (Å²) in [5, 5.41) is 30.9. The Morgan fingerprint density at radius 2 is 2.06 bits per heavy atom. The third-order valence-electron chi connectivity index (χ3n) is 3.11. The van der Waals surface area contributed by atoms with Gasteiger partial charge >= 0.3 is 6.03 Å². The van der Waals surface area contributed by atoms with E-state index in [1.807, 2.05) is 0 Å². The van der Waals surface area contributed by atoms with Crippen LogP contribution in [0.25, 0.3) is 0 Å². The van der Waals surface area contributed by atoms with Crippen LogP contribution in [0.3, 0.4) is 0 Å². The predicted molar refractivity (Wildman–Crippen MR) is 57.5 cm³/mol. The van der Waals surface area contributed by atoms with Gasteiger partial charge in [-0.15, -0.1) is 0 Å². The molecule has 8 heteroatoms. The van der Waals surface area contributed by atoms with Crippen molar-refractivity contribution in [3.63, 3.8) is 0 Å². The SMILES string of the molecule is O=C1CCNC(=O)N(C2OC(CO)C(O)C2O)C1. The zero-order valence-corrected chi connectivity index (χ0v) is 9.65. The topological polar surface area (TPSA) is 119 Å². The fourth-order valence-electron chi connectivity index (χ4n) is 2.09. The molecule has 0 aliphatic carbocycles. The minimum Gasteiger partial charge on any atom is -0.394 e. The lowest BCUT2D eigenvalue weighted by atomic mass is 10.1. The van der Waals surface area contributed by atoms with E-state index in [2.05, 4.69) is 5.32 Å². The Labute approximate surface area is 103 Å². The summed E-state index contributed by atoms with van der Waals surface area (Å²) in [6, 6.07) is -0.532. The Balaban J connectivity index is 2.14. The zero-order chi connectivity index (χ0) is 13.3. The van der Waals surface area contributed by atoms with Crippen LogP contribution in [-0.2, 0) is 9.53 Å². The molecule has 2 saturated heterocycles. The van der Waals surface area contributed by atoms with Gasteiger partial charge in [-0.05, 0) is 0 Å². The molecule has 8 nitrogen and oxygen atoms in total. The number of urea groups is 1. The summed E-state index contributed by atoms with van der Waals surface area (Å²) in [4.78, 5) is 24.2. The maximum absolute atomic E-state index is 11.7. The molecule has 0 saturated carbocycles. The maximum atomic E-state index is 11.7. The molecule has 4 N–H and O–H groups in total. The number of carbonyl (C=O) groups is 2. The third kappa shape index (κ3) is 2.32. The molecule has 0 aromatic heterocycles. The van der Waals surface area contributed by atoms with Crippen LogP contribution in [0.4, 0.5) is 4.79 Å². The van der Waals surface area contributed by atoms with Gasteiger partial charge in [-0.3, -0.25) is 9.69 Å². The van der Waals surface area contributed by atoms with Gasteiger partial charge in [-0.25, -0.2) is 4.79 Å². The molecule has 2 fully saturated rings. The van der Waals surface area contributed by atoms with E-state index >= 15 is 0 Å². The van der Waals surface area contributed by atoms with Crippen LogP contribution < -0.4 is 5.32 Å². The number of carbonyl (C=O) groups excluding carboxylic acids is 2. The first-order valence-corrected chi connectivity index (χ1v) is 5.73. The van der Waals surface area contributed by atoms with Crippen molar-refractivity contribution in [1.82, 2.24) is 10.2 Å². The van der Waals surface area contributed by atoms with Crippen molar-refractivity contribution in [3.05, 3.63) is 0 Å². The van der Waals surface area contributed by atoms with Gasteiger partial charge in [0.25, 0.3) is 0 Å². The molecule has 0 bridgehead atoms. The molecule has 102 valence electrons. The highest BCUT2D eigenvalue weighted by molar-refractivity contribution is 5.88. The van der Waals surface area contributed by atoms with Crippen molar-refractivity contribution in [2.24, 2.45) is 0 Å². The molecule has 0 aromatic rings. The van der Waals surface area contributed by atoms with Crippen molar-refractivity contribution < 1.29 is 29.6 Å². The summed E-state index contributed by atoms with van der Waals surface area (Å²) in [5.41, 5.74) is 0. The van der Waals surface area contributed by atoms with E-state index in [9.17, 15) is 19.8 Å². The average Bonchev–Trinajstić information content (AvgIpc) is 2.51. The van der Waals surface area contributed by atoms with Gasteiger partial charge in [0.05, 0.1) is 13.2 Å². The summed E-state index contributed by atoms with van der Waals surface area (Å²) in [5.74, 6) is -0.161. The number of hydrogen-bond acceptors (Lipinski definition) is 6. The molecule has 4 unspecified atom stereocenters. The number of aliphatic hydroxyl groups is 3. The highest BCUT2D eigenvalue weighted by Crippen LogP contribution is 2.24. The van der Waals surface area contributed by atoms with Crippen LogP contribution >= 0.6 is 0 Å². The van der Waals surface area contributed by atoms with E-state index in [0.29, 0.717) is 0 Å². The van der Waals surface area contributed by atoms with Crippen LogP contribution in [0.5, 0.6) is 0 Å². The van der Waals surface area contributed by atoms with Crippen LogP contribution in [-0.4, -0.2) is 76.3 Å². The van der Waals surface area contributed by atoms with E-state index in [1.54, 1.807) is 0 Å². The van der Waals surface area contributed by atoms with E-state index < -0.39 is 37.2 Å². The predicted octanol–water partition coefficient (Wildman–Crippen LogP) is -2.59. The van der Waals surface area contributed by atoms with E-state index in [-0.39, 0.29) is 25.3 Å². The Bertz CT molecular complexity index is 349. The summed E-state index contributed by atoms with van der Waals surface area (Å²) in [7, 11) is 0. The van der Waals surface area contributed by atoms with Crippen LogP contribution in [0.15, 0.2) is 0 Å². The van der Waals surface area contributed by atoms with Crippen molar-refractivity contribution in [1.29, 1.82) is 0 Å². The van der Waals surface area contributed by atoms with Gasteiger partial charge in [0.15, 0.2) is 12.0 Å². The van der Waals surface area contributed by atoms with E-state index in [1.165, 1.54) is 0 Å². The number of ketones is 1. The fraction of sp³-hybridized carbons (Fsp3) is 0.800. The molecule has 2 rings (SSSR count). The fourth-order valence-corrected chi connectivity index (χ4v) is 2.09. The summed E-state index contributed by atoms with van der Waals surface area (Å²) in [6.45, 7) is -0.417. The van der Waals surface area contributed by atoms with E-state index in [0.717, 1.165) is 4.90 Å². The van der Waals surface area contributed by atoms with Gasteiger partial charge in [-0.2, -0.15) is 0 Å². The molecule has 2 amide bonds. The smallest absolute Gasteiger partial charge is 0.319 e. The van der Waals surface area contributed by atoms with Gasteiger partial charge in [0, 0.05) is 13.0 Å². The first-order chi connectivity index (χ1) is 8.54. The van der Waals surface area contributed by atoms with Crippen molar-refractivity contribution in [3.8, 4) is 0 Å². The molecular weight excluding hydrogens is 244 g/mol. The Kier molecular flexibility index (Phi) is 3.81. The van der Waals surface area contributed by atoms with E-state index in [4.69, 9.17) is 9.84 Å². The van der Waals surface area contributed by atoms with Gasteiger partial charge < -0.3 is 25.4 Å². The molecule has 18 heavy (non-hydrogen) atoms. The Morgan fingerprint density at radius 1 is 1.33 bits per heavy atom. The van der Waals surface area contributed by atoms with Gasteiger partial charge in [-0.1, -0.05) is 0 Å². The first-order valence-electron chi connectivity index (χ1n) is 5.73. The van der Waals surface area contributed by atoms with Gasteiger partial charge in [0.2, 0.25) is 0 Å². The lowest BCUT2D eigenvalue weighted by Crippen LogP contribution is -2.51. The molecule has 0 radical (unpaired) electrons. The van der Waals surface area contributed by atoms with Gasteiger partial charge in [0.1, 0.15) is 18.3 Å². The molecular formula is C10H16N2O6. The normalized spacial score (nSPS) is 37.6.